The van der Waals surface area contributed by atoms with Crippen molar-refractivity contribution in [3.8, 4) is 11.3 Å². The third-order valence-electron chi connectivity index (χ3n) is 6.22. The monoisotopic (exact) mass is 477 g/mol. The standard InChI is InChI=1S/C26H26ClN4O3/c1-16-3-2-4-17(11-16)12-23(32)31-15-19-6-5-18(13-21(19)25(31)33)24-22(27)14-28-26(30-24)29-20-7-9-34-10-8-20/h2-6,11-14,20,23,32H,7-10,15H2,1H3,(H,28,29,30). The van der Waals surface area contributed by atoms with Gasteiger partial charge in [0.1, 0.15) is 6.23 Å². The quantitative estimate of drug-likeness (QED) is 0.552. The summed E-state index contributed by atoms with van der Waals surface area (Å²) in [5, 5.41) is 14.5. The third kappa shape index (κ3) is 4.78. The van der Waals surface area contributed by atoms with Crippen molar-refractivity contribution in [3.63, 3.8) is 0 Å². The second kappa shape index (κ2) is 9.70. The van der Waals surface area contributed by atoms with Gasteiger partial charge in [-0.1, -0.05) is 53.6 Å². The first-order valence-electron chi connectivity index (χ1n) is 11.4. The molecule has 5 rings (SSSR count). The number of anilines is 1. The molecule has 1 unspecified atom stereocenters. The Morgan fingerprint density at radius 2 is 2.06 bits per heavy atom. The molecule has 1 aromatic heterocycles. The number of carbonyl (C=O) groups excluding carboxylic acids is 1. The van der Waals surface area contributed by atoms with Crippen LogP contribution in [0.15, 0.2) is 48.7 Å². The van der Waals surface area contributed by atoms with E-state index in [1.54, 1.807) is 18.7 Å². The van der Waals surface area contributed by atoms with Crippen LogP contribution in [0.5, 0.6) is 0 Å². The van der Waals surface area contributed by atoms with Crippen LogP contribution in [-0.4, -0.2) is 51.4 Å². The van der Waals surface area contributed by atoms with Gasteiger partial charge in [-0.15, -0.1) is 0 Å². The number of aliphatic hydroxyl groups is 1. The van der Waals surface area contributed by atoms with Crippen LogP contribution < -0.4 is 5.32 Å². The number of aliphatic hydroxyl groups excluding tert-OH is 1. The van der Waals surface area contributed by atoms with Crippen molar-refractivity contribution < 1.29 is 14.6 Å². The maximum absolute atomic E-state index is 13.1. The number of nitrogens with zero attached hydrogens (tertiary/aromatic N) is 3. The van der Waals surface area contributed by atoms with Gasteiger partial charge in [-0.05, 0) is 37.0 Å². The highest BCUT2D eigenvalue weighted by atomic mass is 35.5. The summed E-state index contributed by atoms with van der Waals surface area (Å²) in [5.41, 5.74) is 4.66. The number of benzene rings is 2. The number of aromatic nitrogens is 2. The van der Waals surface area contributed by atoms with Crippen molar-refractivity contribution in [2.45, 2.75) is 38.6 Å². The van der Waals surface area contributed by atoms with Crippen LogP contribution in [0.2, 0.25) is 5.02 Å². The van der Waals surface area contributed by atoms with Gasteiger partial charge in [0.05, 0.1) is 16.9 Å². The maximum atomic E-state index is 13.1. The molecule has 0 bridgehead atoms. The van der Waals surface area contributed by atoms with E-state index in [1.807, 2.05) is 43.3 Å². The predicted molar refractivity (Wildman–Crippen MR) is 130 cm³/mol. The average Bonchev–Trinajstić information content (AvgIpc) is 3.17. The number of nitrogens with one attached hydrogen (secondary N) is 1. The fraction of sp³-hybridized carbons (Fsp3) is 0.308. The van der Waals surface area contributed by atoms with Crippen LogP contribution in [0.3, 0.4) is 0 Å². The second-order valence-electron chi connectivity index (χ2n) is 8.72. The van der Waals surface area contributed by atoms with Gasteiger partial charge in [-0.3, -0.25) is 4.79 Å². The van der Waals surface area contributed by atoms with Crippen LogP contribution >= 0.6 is 11.6 Å². The Kier molecular flexibility index (Phi) is 6.50. The highest BCUT2D eigenvalue weighted by molar-refractivity contribution is 6.33. The van der Waals surface area contributed by atoms with Gasteiger partial charge < -0.3 is 20.1 Å². The number of carbonyl (C=O) groups is 1. The van der Waals surface area contributed by atoms with Crippen LogP contribution in [0.25, 0.3) is 11.3 Å². The van der Waals surface area contributed by atoms with Crippen molar-refractivity contribution in [1.82, 2.24) is 14.9 Å². The normalized spacial score (nSPS) is 17.0. The number of hydrogen-bond donors (Lipinski definition) is 2. The van der Waals surface area contributed by atoms with E-state index in [0.29, 0.717) is 42.0 Å². The lowest BCUT2D eigenvalue weighted by molar-refractivity contribution is 0.0269. The van der Waals surface area contributed by atoms with E-state index < -0.39 is 6.23 Å². The molecule has 2 aliphatic heterocycles. The van der Waals surface area contributed by atoms with Crippen LogP contribution in [0.4, 0.5) is 5.95 Å². The molecule has 1 fully saturated rings. The maximum Gasteiger partial charge on any atom is 0.256 e. The molecule has 2 N–H and O–H groups in total. The van der Waals surface area contributed by atoms with Crippen molar-refractivity contribution in [1.29, 1.82) is 0 Å². The van der Waals surface area contributed by atoms with E-state index in [1.165, 1.54) is 4.90 Å². The van der Waals surface area contributed by atoms with E-state index in [-0.39, 0.29) is 11.9 Å². The van der Waals surface area contributed by atoms with E-state index >= 15 is 0 Å². The minimum Gasteiger partial charge on any atom is -0.381 e. The predicted octanol–water partition coefficient (Wildman–Crippen LogP) is 4.22. The molecule has 3 aromatic rings. The lowest BCUT2D eigenvalue weighted by Crippen LogP contribution is -2.35. The van der Waals surface area contributed by atoms with E-state index in [9.17, 15) is 9.90 Å². The van der Waals surface area contributed by atoms with E-state index in [2.05, 4.69) is 15.3 Å². The Morgan fingerprint density at radius 1 is 1.24 bits per heavy atom. The molecule has 7 nitrogen and oxygen atoms in total. The molecule has 1 saturated heterocycles. The summed E-state index contributed by atoms with van der Waals surface area (Å²) in [5.74, 6) is 0.280. The number of amides is 1. The third-order valence-corrected chi connectivity index (χ3v) is 6.49. The zero-order chi connectivity index (χ0) is 23.7. The average molecular weight is 478 g/mol. The smallest absolute Gasteiger partial charge is 0.256 e. The van der Waals surface area contributed by atoms with Crippen molar-refractivity contribution in [3.05, 3.63) is 82.4 Å². The van der Waals surface area contributed by atoms with E-state index in [4.69, 9.17) is 16.3 Å². The lowest BCUT2D eigenvalue weighted by atomic mass is 10.0. The van der Waals surface area contributed by atoms with Crippen LogP contribution in [0, 0.1) is 13.3 Å². The molecule has 2 aromatic carbocycles. The topological polar surface area (TPSA) is 87.6 Å². The first kappa shape index (κ1) is 22.8. The van der Waals surface area contributed by atoms with Gasteiger partial charge in [-0.2, -0.15) is 0 Å². The minimum absolute atomic E-state index is 0.223. The Balaban J connectivity index is 1.35. The zero-order valence-corrected chi connectivity index (χ0v) is 19.6. The largest absolute Gasteiger partial charge is 0.381 e. The van der Waals surface area contributed by atoms with Crippen molar-refractivity contribution >= 4 is 23.5 Å². The molecule has 1 atom stereocenters. The molecule has 34 heavy (non-hydrogen) atoms. The lowest BCUT2D eigenvalue weighted by Gasteiger charge is -2.23. The van der Waals surface area contributed by atoms with Gasteiger partial charge in [0.25, 0.3) is 5.91 Å². The second-order valence-corrected chi connectivity index (χ2v) is 9.13. The molecule has 3 heterocycles. The molecular formula is C26H26ClN4O3. The number of fused-ring (bicyclic) bond motifs is 1. The van der Waals surface area contributed by atoms with Gasteiger partial charge in [0.2, 0.25) is 5.95 Å². The summed E-state index contributed by atoms with van der Waals surface area (Å²) < 4.78 is 5.41. The van der Waals surface area contributed by atoms with Gasteiger partial charge in [-0.25, -0.2) is 9.97 Å². The Labute approximate surface area is 203 Å². The summed E-state index contributed by atoms with van der Waals surface area (Å²) in [6.45, 7) is 3.76. The Bertz CT molecular complexity index is 1210. The summed E-state index contributed by atoms with van der Waals surface area (Å²) in [4.78, 5) is 23.6. The Morgan fingerprint density at radius 3 is 2.85 bits per heavy atom. The molecule has 0 saturated carbocycles. The fourth-order valence-electron chi connectivity index (χ4n) is 4.38. The SMILES string of the molecule is Cc1cccc([CH]C(O)N2Cc3ccc(-c4nc(NC5CCOCC5)ncc4Cl)cc3C2=O)c1. The molecule has 0 spiro atoms. The fourth-order valence-corrected chi connectivity index (χ4v) is 4.58. The molecule has 8 heteroatoms. The summed E-state index contributed by atoms with van der Waals surface area (Å²) in [7, 11) is 0. The Hall–Kier alpha value is -3.00. The highest BCUT2D eigenvalue weighted by Crippen LogP contribution is 2.32. The highest BCUT2D eigenvalue weighted by Gasteiger charge is 2.32. The summed E-state index contributed by atoms with van der Waals surface area (Å²) in [6, 6.07) is 13.6. The first-order chi connectivity index (χ1) is 16.5. The van der Waals surface area contributed by atoms with E-state index in [0.717, 1.165) is 35.1 Å². The van der Waals surface area contributed by atoms with Gasteiger partial charge in [0.15, 0.2) is 0 Å². The number of halogens is 1. The first-order valence-corrected chi connectivity index (χ1v) is 11.8. The number of ether oxygens (including phenoxy) is 1. The van der Waals surface area contributed by atoms with Crippen LogP contribution in [0.1, 0.15) is 39.9 Å². The van der Waals surface area contributed by atoms with Crippen molar-refractivity contribution in [2.24, 2.45) is 0 Å². The number of aryl methyl sites for hydroxylation is 1. The van der Waals surface area contributed by atoms with Gasteiger partial charge in [0, 0.05) is 43.3 Å². The van der Waals surface area contributed by atoms with Crippen molar-refractivity contribution in [2.75, 3.05) is 18.5 Å². The molecule has 0 aliphatic carbocycles. The van der Waals surface area contributed by atoms with Crippen LogP contribution in [-0.2, 0) is 11.3 Å². The minimum atomic E-state index is -1.02. The molecular weight excluding hydrogens is 452 g/mol. The summed E-state index contributed by atoms with van der Waals surface area (Å²) in [6.07, 6.45) is 4.03. The number of hydrogen-bond acceptors (Lipinski definition) is 6. The molecule has 1 amide bonds. The molecule has 1 radical (unpaired) electrons. The number of rotatable bonds is 6. The zero-order valence-electron chi connectivity index (χ0n) is 18.9. The molecule has 2 aliphatic rings. The summed E-state index contributed by atoms with van der Waals surface area (Å²) >= 11 is 6.43. The molecule has 175 valence electrons. The van der Waals surface area contributed by atoms with Gasteiger partial charge >= 0.3 is 0 Å².